The predicted octanol–water partition coefficient (Wildman–Crippen LogP) is 3.05. The predicted molar refractivity (Wildman–Crippen MR) is 85.1 cm³/mol. The number of hydrogen-bond donors (Lipinski definition) is 1. The minimum absolute atomic E-state index is 0.132. The maximum Gasteiger partial charge on any atom is 0.244 e. The second-order valence-electron chi connectivity index (χ2n) is 6.31. The highest BCUT2D eigenvalue weighted by Crippen LogP contribution is 2.28. The number of hydrogen-bond acceptors (Lipinski definition) is 2. The van der Waals surface area contributed by atoms with Crippen molar-refractivity contribution in [1.29, 1.82) is 0 Å². The zero-order valence-electron chi connectivity index (χ0n) is 13.0. The third-order valence-electron chi connectivity index (χ3n) is 4.89. The van der Waals surface area contributed by atoms with Crippen LogP contribution in [0.3, 0.4) is 0 Å². The number of amides is 1. The molecule has 1 aromatic rings. The smallest absolute Gasteiger partial charge is 0.244 e. The molecule has 1 aromatic carbocycles. The molecule has 2 aliphatic heterocycles. The largest absolute Gasteiger partial charge is 0.338 e. The molecule has 3 heteroatoms. The Morgan fingerprint density at radius 1 is 1.33 bits per heavy atom. The summed E-state index contributed by atoms with van der Waals surface area (Å²) in [5, 5.41) is 3.44. The number of nitrogens with one attached hydrogen (secondary N) is 1. The van der Waals surface area contributed by atoms with Gasteiger partial charge in [0.2, 0.25) is 5.91 Å². The van der Waals surface area contributed by atoms with E-state index >= 15 is 0 Å². The Balaban J connectivity index is 1.81. The van der Waals surface area contributed by atoms with Crippen molar-refractivity contribution in [2.24, 2.45) is 0 Å². The molecule has 0 bridgehead atoms. The molecule has 0 radical (unpaired) electrons. The summed E-state index contributed by atoms with van der Waals surface area (Å²) < 4.78 is 0. The number of rotatable bonds is 3. The second-order valence-corrected chi connectivity index (χ2v) is 6.31. The minimum atomic E-state index is -0.132. The molecule has 3 nitrogen and oxygen atoms in total. The lowest BCUT2D eigenvalue weighted by atomic mass is 9.91. The number of carbonyl (C=O) groups excluding carboxylic acids is 1. The number of carbonyl (C=O) groups is 1. The zero-order chi connectivity index (χ0) is 14.7. The van der Waals surface area contributed by atoms with Gasteiger partial charge in [-0.05, 0) is 43.2 Å². The van der Waals surface area contributed by atoms with Crippen LogP contribution >= 0.6 is 0 Å². The van der Waals surface area contributed by atoms with Gasteiger partial charge >= 0.3 is 0 Å². The van der Waals surface area contributed by atoms with Crippen LogP contribution in [0.1, 0.15) is 56.2 Å². The van der Waals surface area contributed by atoms with Gasteiger partial charge in [0.05, 0.1) is 0 Å². The van der Waals surface area contributed by atoms with Gasteiger partial charge in [0.1, 0.15) is 6.04 Å². The van der Waals surface area contributed by atoms with Gasteiger partial charge in [-0.25, -0.2) is 0 Å². The molecule has 1 saturated heterocycles. The van der Waals surface area contributed by atoms with Gasteiger partial charge in [-0.2, -0.15) is 0 Å². The first-order chi connectivity index (χ1) is 10.3. The van der Waals surface area contributed by atoms with Crippen LogP contribution in [0.5, 0.6) is 0 Å². The van der Waals surface area contributed by atoms with Crippen LogP contribution in [0.15, 0.2) is 24.3 Å². The highest BCUT2D eigenvalue weighted by molar-refractivity contribution is 5.84. The van der Waals surface area contributed by atoms with Gasteiger partial charge in [0, 0.05) is 19.1 Å². The van der Waals surface area contributed by atoms with Crippen LogP contribution < -0.4 is 5.32 Å². The molecule has 0 aromatic heterocycles. The second kappa shape index (κ2) is 6.61. The summed E-state index contributed by atoms with van der Waals surface area (Å²) >= 11 is 0. The molecule has 0 saturated carbocycles. The number of nitrogens with zero attached hydrogens (tertiary/aromatic N) is 1. The number of likely N-dealkylation sites (tertiary alicyclic amines) is 1. The Kier molecular flexibility index (Phi) is 4.59. The van der Waals surface area contributed by atoms with Crippen molar-refractivity contribution in [3.63, 3.8) is 0 Å². The van der Waals surface area contributed by atoms with Gasteiger partial charge in [0.25, 0.3) is 0 Å². The molecular formula is C18H26N2O. The molecule has 21 heavy (non-hydrogen) atoms. The van der Waals surface area contributed by atoms with Crippen molar-refractivity contribution >= 4 is 5.91 Å². The van der Waals surface area contributed by atoms with Crippen molar-refractivity contribution in [1.82, 2.24) is 10.2 Å². The Bertz CT molecular complexity index is 498. The first-order valence-corrected chi connectivity index (χ1v) is 8.43. The fourth-order valence-electron chi connectivity index (χ4n) is 3.81. The van der Waals surface area contributed by atoms with Gasteiger partial charge in [-0.15, -0.1) is 0 Å². The number of benzene rings is 1. The highest BCUT2D eigenvalue weighted by atomic mass is 16.2. The molecule has 114 valence electrons. The molecular weight excluding hydrogens is 260 g/mol. The van der Waals surface area contributed by atoms with Crippen molar-refractivity contribution in [2.75, 3.05) is 13.1 Å². The average Bonchev–Trinajstić information content (AvgIpc) is 2.54. The van der Waals surface area contributed by atoms with E-state index in [2.05, 4.69) is 35.3 Å². The molecule has 0 aliphatic carbocycles. The lowest BCUT2D eigenvalue weighted by Gasteiger charge is -2.39. The third-order valence-corrected chi connectivity index (χ3v) is 4.89. The first-order valence-electron chi connectivity index (χ1n) is 8.43. The van der Waals surface area contributed by atoms with Crippen LogP contribution in [0.25, 0.3) is 0 Å². The third kappa shape index (κ3) is 2.98. The summed E-state index contributed by atoms with van der Waals surface area (Å²) in [5.41, 5.74) is 2.52. The lowest BCUT2D eigenvalue weighted by Crippen LogP contribution is -2.50. The maximum absolute atomic E-state index is 13.1. The number of fused-ring (bicyclic) bond motifs is 1. The fourth-order valence-corrected chi connectivity index (χ4v) is 3.81. The minimum Gasteiger partial charge on any atom is -0.338 e. The zero-order valence-corrected chi connectivity index (χ0v) is 13.0. The van der Waals surface area contributed by atoms with E-state index in [-0.39, 0.29) is 6.04 Å². The van der Waals surface area contributed by atoms with Gasteiger partial charge in [0.15, 0.2) is 0 Å². The Morgan fingerprint density at radius 3 is 3.05 bits per heavy atom. The van der Waals surface area contributed by atoms with Crippen molar-refractivity contribution < 1.29 is 4.79 Å². The van der Waals surface area contributed by atoms with E-state index in [1.807, 2.05) is 6.07 Å². The highest BCUT2D eigenvalue weighted by Gasteiger charge is 2.33. The first kappa shape index (κ1) is 14.6. The van der Waals surface area contributed by atoms with E-state index in [9.17, 15) is 4.79 Å². The summed E-state index contributed by atoms with van der Waals surface area (Å²) in [4.78, 5) is 15.2. The van der Waals surface area contributed by atoms with Gasteiger partial charge < -0.3 is 10.2 Å². The molecule has 2 atom stereocenters. The summed E-state index contributed by atoms with van der Waals surface area (Å²) in [5.74, 6) is 0.292. The quantitative estimate of drug-likeness (QED) is 0.926. The van der Waals surface area contributed by atoms with Crippen LogP contribution in [0.2, 0.25) is 0 Å². The van der Waals surface area contributed by atoms with Gasteiger partial charge in [-0.1, -0.05) is 37.6 Å². The summed E-state index contributed by atoms with van der Waals surface area (Å²) in [6, 6.07) is 8.72. The molecule has 0 spiro atoms. The SMILES string of the molecule is CCCC1CCCCN1C(=O)C1NCCc2ccccc21. The molecule has 2 unspecified atom stereocenters. The number of piperidine rings is 1. The average molecular weight is 286 g/mol. The lowest BCUT2D eigenvalue weighted by molar-refractivity contribution is -0.137. The molecule has 1 N–H and O–H groups in total. The van der Waals surface area contributed by atoms with Crippen molar-refractivity contribution in [3.8, 4) is 0 Å². The van der Waals surface area contributed by atoms with E-state index in [4.69, 9.17) is 0 Å². The van der Waals surface area contributed by atoms with E-state index in [1.54, 1.807) is 0 Å². The van der Waals surface area contributed by atoms with E-state index in [1.165, 1.54) is 24.0 Å². The normalized spacial score (nSPS) is 25.5. The Morgan fingerprint density at radius 2 is 2.19 bits per heavy atom. The summed E-state index contributed by atoms with van der Waals surface area (Å²) in [7, 11) is 0. The Hall–Kier alpha value is -1.35. The van der Waals surface area contributed by atoms with E-state index < -0.39 is 0 Å². The molecule has 3 rings (SSSR count). The van der Waals surface area contributed by atoms with E-state index in [0.29, 0.717) is 11.9 Å². The van der Waals surface area contributed by atoms with Crippen molar-refractivity contribution in [3.05, 3.63) is 35.4 Å². The van der Waals surface area contributed by atoms with Crippen LogP contribution in [-0.2, 0) is 11.2 Å². The summed E-state index contributed by atoms with van der Waals surface area (Å²) in [6.45, 7) is 4.05. The standard InChI is InChI=1S/C18H26N2O/c1-2-7-15-9-5-6-13-20(15)18(21)17-16-10-4-3-8-14(16)11-12-19-17/h3-4,8,10,15,17,19H,2,5-7,9,11-13H2,1H3. The van der Waals surface area contributed by atoms with Crippen LogP contribution in [-0.4, -0.2) is 29.9 Å². The monoisotopic (exact) mass is 286 g/mol. The topological polar surface area (TPSA) is 32.3 Å². The fraction of sp³-hybridized carbons (Fsp3) is 0.611. The Labute approximate surface area is 127 Å². The van der Waals surface area contributed by atoms with Crippen molar-refractivity contribution in [2.45, 2.75) is 57.5 Å². The van der Waals surface area contributed by atoms with Crippen LogP contribution in [0.4, 0.5) is 0 Å². The summed E-state index contributed by atoms with van der Waals surface area (Å²) in [6.07, 6.45) is 6.92. The molecule has 2 aliphatic rings. The van der Waals surface area contributed by atoms with Crippen LogP contribution in [0, 0.1) is 0 Å². The molecule has 1 fully saturated rings. The maximum atomic E-state index is 13.1. The molecule has 2 heterocycles. The van der Waals surface area contributed by atoms with Gasteiger partial charge in [-0.3, -0.25) is 4.79 Å². The molecule has 1 amide bonds. The van der Waals surface area contributed by atoms with E-state index in [0.717, 1.165) is 38.8 Å².